The first-order chi connectivity index (χ1) is 9.65. The molecule has 0 radical (unpaired) electrons. The molecule has 110 valence electrons. The van der Waals surface area contributed by atoms with Crippen molar-refractivity contribution >= 4 is 5.71 Å². The van der Waals surface area contributed by atoms with Crippen molar-refractivity contribution in [1.29, 1.82) is 0 Å². The summed E-state index contributed by atoms with van der Waals surface area (Å²) >= 11 is 0. The number of hydrogen-bond donors (Lipinski definition) is 1. The molecule has 1 aromatic rings. The van der Waals surface area contributed by atoms with Gasteiger partial charge in [0, 0.05) is 24.7 Å². The van der Waals surface area contributed by atoms with Gasteiger partial charge < -0.3 is 10.3 Å². The first-order valence-corrected chi connectivity index (χ1v) is 7.68. The number of likely N-dealkylation sites (tertiary alicyclic amines) is 1. The fourth-order valence-electron chi connectivity index (χ4n) is 2.67. The lowest BCUT2D eigenvalue weighted by Crippen LogP contribution is -2.30. The van der Waals surface area contributed by atoms with Gasteiger partial charge in [-0.3, -0.25) is 0 Å². The van der Waals surface area contributed by atoms with Gasteiger partial charge in [0.05, 0.1) is 6.54 Å². The third-order valence-corrected chi connectivity index (χ3v) is 4.13. The standard InChI is InChI=1S/C17H27N3/c1-14-9-10-20(12-14)13-15(2)16(3)19-18-11-17-7-5-4-6-8-17/h4-8,14-15,18H,9-13H2,1-3H3/b19-16-. The molecule has 0 saturated carbocycles. The fraction of sp³-hybridized carbons (Fsp3) is 0.588. The third kappa shape index (κ3) is 4.64. The molecule has 2 atom stereocenters. The van der Waals surface area contributed by atoms with Gasteiger partial charge in [0.1, 0.15) is 0 Å². The van der Waals surface area contributed by atoms with Crippen molar-refractivity contribution in [2.24, 2.45) is 16.9 Å². The van der Waals surface area contributed by atoms with Crippen molar-refractivity contribution in [2.45, 2.75) is 33.7 Å². The first-order valence-electron chi connectivity index (χ1n) is 7.68. The van der Waals surface area contributed by atoms with Gasteiger partial charge in [0.2, 0.25) is 0 Å². The highest BCUT2D eigenvalue weighted by molar-refractivity contribution is 5.84. The van der Waals surface area contributed by atoms with Crippen molar-refractivity contribution in [3.05, 3.63) is 35.9 Å². The minimum absolute atomic E-state index is 0.517. The fourth-order valence-corrected chi connectivity index (χ4v) is 2.67. The predicted octanol–water partition coefficient (Wildman–Crippen LogP) is 3.13. The molecule has 1 fully saturated rings. The van der Waals surface area contributed by atoms with Crippen molar-refractivity contribution < 1.29 is 0 Å². The SMILES string of the molecule is C/C(=N/NCc1ccccc1)C(C)CN1CCC(C)C1. The Morgan fingerprint density at radius 3 is 2.80 bits per heavy atom. The molecule has 1 aliphatic heterocycles. The molecule has 1 heterocycles. The molecule has 0 bridgehead atoms. The molecule has 0 amide bonds. The second-order valence-corrected chi connectivity index (χ2v) is 6.13. The molecule has 0 spiro atoms. The van der Waals surface area contributed by atoms with E-state index in [0.29, 0.717) is 5.92 Å². The molecule has 3 heteroatoms. The Balaban J connectivity index is 1.75. The monoisotopic (exact) mass is 273 g/mol. The van der Waals surface area contributed by atoms with E-state index in [2.05, 4.69) is 60.5 Å². The zero-order valence-electron chi connectivity index (χ0n) is 13.0. The lowest BCUT2D eigenvalue weighted by molar-refractivity contribution is 0.308. The van der Waals surface area contributed by atoms with Gasteiger partial charge in [-0.05, 0) is 31.4 Å². The van der Waals surface area contributed by atoms with Gasteiger partial charge in [0.15, 0.2) is 0 Å². The molecule has 1 N–H and O–H groups in total. The second kappa shape index (κ2) is 7.44. The number of nitrogens with zero attached hydrogens (tertiary/aromatic N) is 2. The summed E-state index contributed by atoms with van der Waals surface area (Å²) in [6.07, 6.45) is 1.34. The number of hydrazone groups is 1. The van der Waals surface area contributed by atoms with Gasteiger partial charge in [-0.25, -0.2) is 0 Å². The Hall–Kier alpha value is -1.35. The molecular weight excluding hydrogens is 246 g/mol. The summed E-state index contributed by atoms with van der Waals surface area (Å²) in [5.74, 6) is 1.37. The highest BCUT2D eigenvalue weighted by Crippen LogP contribution is 2.16. The first kappa shape index (κ1) is 15.0. The van der Waals surface area contributed by atoms with E-state index in [-0.39, 0.29) is 0 Å². The van der Waals surface area contributed by atoms with Gasteiger partial charge in [0.25, 0.3) is 0 Å². The van der Waals surface area contributed by atoms with Crippen LogP contribution >= 0.6 is 0 Å². The molecule has 0 aromatic heterocycles. The number of hydrogen-bond acceptors (Lipinski definition) is 3. The number of nitrogens with one attached hydrogen (secondary N) is 1. The average Bonchev–Trinajstić information content (AvgIpc) is 2.85. The molecule has 2 unspecified atom stereocenters. The van der Waals surface area contributed by atoms with E-state index in [9.17, 15) is 0 Å². The molecule has 1 aromatic carbocycles. The van der Waals surface area contributed by atoms with Crippen molar-refractivity contribution in [1.82, 2.24) is 10.3 Å². The average molecular weight is 273 g/mol. The number of benzene rings is 1. The lowest BCUT2D eigenvalue weighted by atomic mass is 10.1. The van der Waals surface area contributed by atoms with E-state index in [1.165, 1.54) is 30.8 Å². The minimum atomic E-state index is 0.517. The van der Waals surface area contributed by atoms with Gasteiger partial charge in [-0.1, -0.05) is 44.2 Å². The second-order valence-electron chi connectivity index (χ2n) is 6.13. The summed E-state index contributed by atoms with van der Waals surface area (Å²) in [7, 11) is 0. The Bertz CT molecular complexity index is 427. The smallest absolute Gasteiger partial charge is 0.0580 e. The van der Waals surface area contributed by atoms with E-state index < -0.39 is 0 Å². The maximum absolute atomic E-state index is 4.52. The number of rotatable bonds is 6. The van der Waals surface area contributed by atoms with E-state index in [1.807, 2.05) is 6.07 Å². The summed E-state index contributed by atoms with van der Waals surface area (Å²) in [6.45, 7) is 11.2. The lowest BCUT2D eigenvalue weighted by Gasteiger charge is -2.20. The molecule has 2 rings (SSSR count). The van der Waals surface area contributed by atoms with E-state index >= 15 is 0 Å². The van der Waals surface area contributed by atoms with Crippen LogP contribution in [0.2, 0.25) is 0 Å². The zero-order valence-corrected chi connectivity index (χ0v) is 13.0. The van der Waals surface area contributed by atoms with Crippen molar-refractivity contribution in [3.63, 3.8) is 0 Å². The molecule has 3 nitrogen and oxygen atoms in total. The Morgan fingerprint density at radius 2 is 2.15 bits per heavy atom. The van der Waals surface area contributed by atoms with Gasteiger partial charge >= 0.3 is 0 Å². The Kier molecular flexibility index (Phi) is 5.60. The van der Waals surface area contributed by atoms with Crippen LogP contribution in [0.4, 0.5) is 0 Å². The summed E-state index contributed by atoms with van der Waals surface area (Å²) in [5.41, 5.74) is 5.65. The predicted molar refractivity (Wildman–Crippen MR) is 85.8 cm³/mol. The third-order valence-electron chi connectivity index (χ3n) is 4.13. The van der Waals surface area contributed by atoms with Crippen molar-refractivity contribution in [2.75, 3.05) is 19.6 Å². The van der Waals surface area contributed by atoms with Crippen LogP contribution in [0.1, 0.15) is 32.8 Å². The van der Waals surface area contributed by atoms with Gasteiger partial charge in [-0.2, -0.15) is 5.10 Å². The summed E-state index contributed by atoms with van der Waals surface area (Å²) in [5, 5.41) is 4.52. The van der Waals surface area contributed by atoms with Crippen LogP contribution in [0, 0.1) is 11.8 Å². The topological polar surface area (TPSA) is 27.6 Å². The van der Waals surface area contributed by atoms with Crippen LogP contribution < -0.4 is 5.43 Å². The molecule has 20 heavy (non-hydrogen) atoms. The molecule has 0 aliphatic carbocycles. The van der Waals surface area contributed by atoms with Crippen LogP contribution in [0.3, 0.4) is 0 Å². The molecule has 1 aliphatic rings. The van der Waals surface area contributed by atoms with Crippen molar-refractivity contribution in [3.8, 4) is 0 Å². The molecule has 1 saturated heterocycles. The largest absolute Gasteiger partial charge is 0.306 e. The summed E-state index contributed by atoms with van der Waals surface area (Å²) in [6, 6.07) is 10.4. The summed E-state index contributed by atoms with van der Waals surface area (Å²) < 4.78 is 0. The van der Waals surface area contributed by atoms with Crippen LogP contribution in [0.25, 0.3) is 0 Å². The van der Waals surface area contributed by atoms with E-state index in [4.69, 9.17) is 0 Å². The van der Waals surface area contributed by atoms with Crippen LogP contribution in [-0.4, -0.2) is 30.2 Å². The quantitative estimate of drug-likeness (QED) is 0.637. The summed E-state index contributed by atoms with van der Waals surface area (Å²) in [4.78, 5) is 2.56. The van der Waals surface area contributed by atoms with E-state index in [1.54, 1.807) is 0 Å². The highest BCUT2D eigenvalue weighted by atomic mass is 15.3. The normalized spacial score (nSPS) is 21.9. The van der Waals surface area contributed by atoms with Crippen LogP contribution in [-0.2, 0) is 6.54 Å². The molecular formula is C17H27N3. The van der Waals surface area contributed by atoms with E-state index in [0.717, 1.165) is 19.0 Å². The maximum Gasteiger partial charge on any atom is 0.0580 e. The zero-order chi connectivity index (χ0) is 14.4. The van der Waals surface area contributed by atoms with Gasteiger partial charge in [-0.15, -0.1) is 0 Å². The highest BCUT2D eigenvalue weighted by Gasteiger charge is 2.20. The Labute approximate surface area is 123 Å². The maximum atomic E-state index is 4.52. The van der Waals surface area contributed by atoms with Crippen LogP contribution in [0.5, 0.6) is 0 Å². The minimum Gasteiger partial charge on any atom is -0.306 e. The van der Waals surface area contributed by atoms with Crippen LogP contribution in [0.15, 0.2) is 35.4 Å². The Morgan fingerprint density at radius 1 is 1.40 bits per heavy atom.